The van der Waals surface area contributed by atoms with Crippen LogP contribution in [0.4, 0.5) is 4.39 Å². The monoisotopic (exact) mass is 364 g/mol. The normalized spacial score (nSPS) is 11.1. The van der Waals surface area contributed by atoms with Crippen molar-refractivity contribution in [3.8, 4) is 0 Å². The highest BCUT2D eigenvalue weighted by Crippen LogP contribution is 2.21. The molecule has 0 radical (unpaired) electrons. The van der Waals surface area contributed by atoms with Crippen LogP contribution in [-0.2, 0) is 24.2 Å². The van der Waals surface area contributed by atoms with Crippen LogP contribution in [0.25, 0.3) is 10.2 Å². The molecule has 0 fully saturated rings. The van der Waals surface area contributed by atoms with Crippen molar-refractivity contribution in [2.45, 2.75) is 26.3 Å². The van der Waals surface area contributed by atoms with E-state index in [9.17, 15) is 14.0 Å². The molecule has 0 atom stereocenters. The third kappa shape index (κ3) is 3.39. The molecule has 7 heteroatoms. The topological polar surface area (TPSA) is 52.0 Å². The summed E-state index contributed by atoms with van der Waals surface area (Å²) in [4.78, 5) is 30.6. The molecule has 0 aliphatic carbocycles. The highest BCUT2D eigenvalue weighted by molar-refractivity contribution is 7.18. The Kier molecular flexibility index (Phi) is 4.78. The SMILES string of the molecule is CCc1cc2c(=O)n(CC(=O)Cc3ccc(Cl)c(F)c3)cnc2s1. The van der Waals surface area contributed by atoms with Crippen LogP contribution in [0.2, 0.25) is 5.02 Å². The molecule has 2 aromatic heterocycles. The number of hydrogen-bond acceptors (Lipinski definition) is 4. The second kappa shape index (κ2) is 6.83. The highest BCUT2D eigenvalue weighted by atomic mass is 35.5. The largest absolute Gasteiger partial charge is 0.297 e. The summed E-state index contributed by atoms with van der Waals surface area (Å²) in [6.07, 6.45) is 2.25. The van der Waals surface area contributed by atoms with Crippen molar-refractivity contribution in [3.05, 3.63) is 62.2 Å². The van der Waals surface area contributed by atoms with Crippen LogP contribution in [0.1, 0.15) is 17.4 Å². The number of benzene rings is 1. The van der Waals surface area contributed by atoms with Crippen molar-refractivity contribution in [3.63, 3.8) is 0 Å². The summed E-state index contributed by atoms with van der Waals surface area (Å²) in [5.41, 5.74) is 0.291. The van der Waals surface area contributed by atoms with E-state index in [1.165, 1.54) is 34.4 Å². The highest BCUT2D eigenvalue weighted by Gasteiger charge is 2.12. The summed E-state index contributed by atoms with van der Waals surface area (Å²) in [5, 5.41) is 0.547. The summed E-state index contributed by atoms with van der Waals surface area (Å²) < 4.78 is 14.7. The fourth-order valence-electron chi connectivity index (χ4n) is 2.42. The standard InChI is InChI=1S/C17H14ClFN2O2S/c1-2-12-7-13-16(24-12)20-9-21(17(13)23)8-11(22)5-10-3-4-14(18)15(19)6-10/h3-4,6-7,9H,2,5,8H2,1H3. The lowest BCUT2D eigenvalue weighted by Gasteiger charge is -2.05. The number of nitrogens with zero attached hydrogens (tertiary/aromatic N) is 2. The Balaban J connectivity index is 1.81. The second-order valence-corrected chi connectivity index (χ2v) is 6.95. The molecule has 24 heavy (non-hydrogen) atoms. The maximum absolute atomic E-state index is 13.4. The van der Waals surface area contributed by atoms with Gasteiger partial charge in [0.15, 0.2) is 5.78 Å². The molecule has 0 aliphatic heterocycles. The van der Waals surface area contributed by atoms with Gasteiger partial charge in [-0.25, -0.2) is 9.37 Å². The number of fused-ring (bicyclic) bond motifs is 1. The molecule has 4 nitrogen and oxygen atoms in total. The molecular formula is C17H14ClFN2O2S. The molecule has 0 amide bonds. The fourth-order valence-corrected chi connectivity index (χ4v) is 3.46. The van der Waals surface area contributed by atoms with Gasteiger partial charge in [-0.2, -0.15) is 0 Å². The maximum Gasteiger partial charge on any atom is 0.262 e. The number of hydrogen-bond donors (Lipinski definition) is 0. The number of rotatable bonds is 5. The van der Waals surface area contributed by atoms with Crippen LogP contribution in [0.5, 0.6) is 0 Å². The minimum atomic E-state index is -0.562. The van der Waals surface area contributed by atoms with Crippen LogP contribution < -0.4 is 5.56 Å². The van der Waals surface area contributed by atoms with Crippen molar-refractivity contribution >= 4 is 38.9 Å². The van der Waals surface area contributed by atoms with Gasteiger partial charge in [-0.3, -0.25) is 14.2 Å². The van der Waals surface area contributed by atoms with Gasteiger partial charge < -0.3 is 0 Å². The van der Waals surface area contributed by atoms with Crippen molar-refractivity contribution in [1.29, 1.82) is 0 Å². The number of carbonyl (C=O) groups is 1. The van der Waals surface area contributed by atoms with Gasteiger partial charge in [-0.15, -0.1) is 11.3 Å². The Morgan fingerprint density at radius 2 is 2.17 bits per heavy atom. The predicted octanol–water partition coefficient (Wildman–Crippen LogP) is 3.62. The molecule has 1 aromatic carbocycles. The van der Waals surface area contributed by atoms with Crippen molar-refractivity contribution in [2.75, 3.05) is 0 Å². The zero-order valence-corrected chi connectivity index (χ0v) is 14.5. The van der Waals surface area contributed by atoms with Gasteiger partial charge in [0.1, 0.15) is 10.6 Å². The Labute approximate surface area is 146 Å². The van der Waals surface area contributed by atoms with Crippen LogP contribution in [0.15, 0.2) is 35.4 Å². The van der Waals surface area contributed by atoms with Crippen molar-refractivity contribution < 1.29 is 9.18 Å². The molecule has 124 valence electrons. The molecule has 0 N–H and O–H groups in total. The number of aromatic nitrogens is 2. The summed E-state index contributed by atoms with van der Waals surface area (Å²) in [6.45, 7) is 1.92. The first-order chi connectivity index (χ1) is 11.5. The second-order valence-electron chi connectivity index (χ2n) is 5.43. The average Bonchev–Trinajstić information content (AvgIpc) is 2.98. The number of halogens is 2. The van der Waals surface area contributed by atoms with Crippen molar-refractivity contribution in [2.24, 2.45) is 0 Å². The molecule has 0 aliphatic rings. The van der Waals surface area contributed by atoms with E-state index < -0.39 is 5.82 Å². The first-order valence-electron chi connectivity index (χ1n) is 7.41. The van der Waals surface area contributed by atoms with E-state index >= 15 is 0 Å². The summed E-state index contributed by atoms with van der Waals surface area (Å²) >= 11 is 7.11. The Hall–Kier alpha value is -2.05. The smallest absolute Gasteiger partial charge is 0.262 e. The third-order valence-electron chi connectivity index (χ3n) is 3.65. The van der Waals surface area contributed by atoms with Gasteiger partial charge in [-0.05, 0) is 30.2 Å². The Morgan fingerprint density at radius 1 is 1.38 bits per heavy atom. The molecule has 0 bridgehead atoms. The number of thiophene rings is 1. The summed E-state index contributed by atoms with van der Waals surface area (Å²) in [6, 6.07) is 6.07. The van der Waals surface area contributed by atoms with E-state index in [-0.39, 0.29) is 29.3 Å². The number of Topliss-reactive ketones (excluding diaryl/α,β-unsaturated/α-hetero) is 1. The van der Waals surface area contributed by atoms with Crippen LogP contribution in [-0.4, -0.2) is 15.3 Å². The van der Waals surface area contributed by atoms with E-state index in [1.54, 1.807) is 6.07 Å². The lowest BCUT2D eigenvalue weighted by atomic mass is 10.1. The number of carbonyl (C=O) groups excluding carboxylic acids is 1. The van der Waals surface area contributed by atoms with Crippen LogP contribution >= 0.6 is 22.9 Å². The van der Waals surface area contributed by atoms with Gasteiger partial charge >= 0.3 is 0 Å². The van der Waals surface area contributed by atoms with E-state index in [2.05, 4.69) is 4.98 Å². The quantitative estimate of drug-likeness (QED) is 0.694. The van der Waals surface area contributed by atoms with Gasteiger partial charge in [0.2, 0.25) is 0 Å². The van der Waals surface area contributed by atoms with E-state index in [0.717, 1.165) is 11.3 Å². The zero-order chi connectivity index (χ0) is 17.3. The first kappa shape index (κ1) is 16.8. The fraction of sp³-hybridized carbons (Fsp3) is 0.235. The molecular weight excluding hydrogens is 351 g/mol. The first-order valence-corrected chi connectivity index (χ1v) is 8.61. The molecule has 0 unspecified atom stereocenters. The number of aryl methyl sites for hydroxylation is 1. The minimum absolute atomic E-state index is 0.0151. The van der Waals surface area contributed by atoms with Gasteiger partial charge in [-0.1, -0.05) is 24.6 Å². The third-order valence-corrected chi connectivity index (χ3v) is 5.14. The Morgan fingerprint density at radius 3 is 2.88 bits per heavy atom. The number of ketones is 1. The average molecular weight is 365 g/mol. The van der Waals surface area contributed by atoms with E-state index in [4.69, 9.17) is 11.6 Å². The Bertz CT molecular complexity index is 980. The maximum atomic E-state index is 13.4. The van der Waals surface area contributed by atoms with Crippen LogP contribution in [0, 0.1) is 5.82 Å². The van der Waals surface area contributed by atoms with Gasteiger partial charge in [0.05, 0.1) is 23.3 Å². The molecule has 0 saturated carbocycles. The molecule has 3 aromatic rings. The molecule has 2 heterocycles. The lowest BCUT2D eigenvalue weighted by molar-refractivity contribution is -0.119. The zero-order valence-electron chi connectivity index (χ0n) is 12.9. The molecule has 3 rings (SSSR count). The van der Waals surface area contributed by atoms with Gasteiger partial charge in [0.25, 0.3) is 5.56 Å². The lowest BCUT2D eigenvalue weighted by Crippen LogP contribution is -2.25. The molecule has 0 spiro atoms. The molecule has 0 saturated heterocycles. The summed E-state index contributed by atoms with van der Waals surface area (Å²) in [5.74, 6) is -0.765. The predicted molar refractivity (Wildman–Crippen MR) is 93.4 cm³/mol. The van der Waals surface area contributed by atoms with Gasteiger partial charge in [0, 0.05) is 11.3 Å². The summed E-state index contributed by atoms with van der Waals surface area (Å²) in [7, 11) is 0. The van der Waals surface area contributed by atoms with Crippen molar-refractivity contribution in [1.82, 2.24) is 9.55 Å². The van der Waals surface area contributed by atoms with Crippen LogP contribution in [0.3, 0.4) is 0 Å². The van der Waals surface area contributed by atoms with E-state index in [0.29, 0.717) is 15.8 Å². The minimum Gasteiger partial charge on any atom is -0.297 e. The van der Waals surface area contributed by atoms with E-state index in [1.807, 2.05) is 13.0 Å².